The Morgan fingerprint density at radius 3 is 1.85 bits per heavy atom. The first-order chi connectivity index (χ1) is 5.77. The Bertz CT molecular complexity index is 199. The van der Waals surface area contributed by atoms with Crippen molar-refractivity contribution < 1.29 is 14.7 Å². The third-order valence-electron chi connectivity index (χ3n) is 0.784. The molecule has 6 nitrogen and oxygen atoms in total. The van der Waals surface area contributed by atoms with Crippen LogP contribution < -0.4 is 5.73 Å². The first-order valence-electron chi connectivity index (χ1n) is 3.51. The zero-order valence-corrected chi connectivity index (χ0v) is 8.00. The molecule has 0 amide bonds. The minimum atomic E-state index is -0.993. The van der Waals surface area contributed by atoms with Gasteiger partial charge in [0.05, 0.1) is 0 Å². The van der Waals surface area contributed by atoms with Crippen LogP contribution in [0.25, 0.3) is 0 Å². The van der Waals surface area contributed by atoms with E-state index in [9.17, 15) is 9.59 Å². The number of hydrogen-bond acceptors (Lipinski definition) is 3. The molecule has 0 aromatic heterocycles. The average molecular weight is 189 g/mol. The van der Waals surface area contributed by atoms with Crippen LogP contribution in [0.4, 0.5) is 0 Å². The highest BCUT2D eigenvalue weighted by Crippen LogP contribution is 1.76. The van der Waals surface area contributed by atoms with E-state index in [-0.39, 0.29) is 18.3 Å². The molecule has 76 valence electrons. The third-order valence-corrected chi connectivity index (χ3v) is 0.784. The van der Waals surface area contributed by atoms with Gasteiger partial charge >= 0.3 is 5.97 Å². The number of aliphatic carboxylic acids is 1. The number of carbonyl (C=O) groups is 2. The van der Waals surface area contributed by atoms with Gasteiger partial charge in [-0.1, -0.05) is 0 Å². The van der Waals surface area contributed by atoms with Gasteiger partial charge in [0.2, 0.25) is 0 Å². The van der Waals surface area contributed by atoms with E-state index in [0.29, 0.717) is 0 Å². The predicted octanol–water partition coefficient (Wildman–Crippen LogP) is -0.508. The highest BCUT2D eigenvalue weighted by atomic mass is 16.4. The van der Waals surface area contributed by atoms with Crippen molar-refractivity contribution in [3.05, 3.63) is 0 Å². The van der Waals surface area contributed by atoms with Crippen molar-refractivity contribution >= 4 is 17.7 Å². The lowest BCUT2D eigenvalue weighted by Crippen LogP contribution is -2.36. The molecule has 0 rings (SSSR count). The lowest BCUT2D eigenvalue weighted by atomic mass is 10.6. The number of carboxylic acids is 1. The van der Waals surface area contributed by atoms with Crippen LogP contribution in [-0.2, 0) is 9.59 Å². The van der Waals surface area contributed by atoms with Gasteiger partial charge in [-0.15, -0.1) is 0 Å². The van der Waals surface area contributed by atoms with E-state index in [1.807, 2.05) is 0 Å². The molecule has 0 radical (unpaired) electrons. The van der Waals surface area contributed by atoms with Crippen LogP contribution >= 0.6 is 0 Å². The summed E-state index contributed by atoms with van der Waals surface area (Å²) in [6, 6.07) is 0. The molecule has 0 saturated carbocycles. The Morgan fingerprint density at radius 2 is 1.77 bits per heavy atom. The molecule has 0 unspecified atom stereocenters. The van der Waals surface area contributed by atoms with E-state index >= 15 is 0 Å². The molecule has 0 saturated heterocycles. The second-order valence-electron chi connectivity index (χ2n) is 2.54. The van der Waals surface area contributed by atoms with Gasteiger partial charge in [0, 0.05) is 7.05 Å². The summed E-state index contributed by atoms with van der Waals surface area (Å²) in [6.45, 7) is 2.83. The number of rotatable bonds is 2. The number of Topliss-reactive ketones (excluding diaryl/α,β-unsaturated/α-hetero) is 1. The molecule has 0 bridgehead atoms. The van der Waals surface area contributed by atoms with Crippen LogP contribution in [-0.4, -0.2) is 41.3 Å². The van der Waals surface area contributed by atoms with Crippen LogP contribution in [0.15, 0.2) is 0 Å². The normalized spacial score (nSPS) is 7.92. The highest BCUT2D eigenvalue weighted by molar-refractivity contribution is 5.79. The fraction of sp³-hybridized carbons (Fsp3) is 0.571. The zero-order valence-electron chi connectivity index (χ0n) is 8.00. The second kappa shape index (κ2) is 7.08. The van der Waals surface area contributed by atoms with Gasteiger partial charge in [0.25, 0.3) is 0 Å². The molecule has 13 heavy (non-hydrogen) atoms. The largest absolute Gasteiger partial charge is 0.480 e. The van der Waals surface area contributed by atoms with E-state index in [0.717, 1.165) is 4.90 Å². The number of nitrogens with two attached hydrogens (primary N) is 1. The van der Waals surface area contributed by atoms with Gasteiger partial charge in [-0.2, -0.15) is 0 Å². The van der Waals surface area contributed by atoms with E-state index in [2.05, 4.69) is 0 Å². The molecule has 0 aliphatic carbocycles. The van der Waals surface area contributed by atoms with Crippen molar-refractivity contribution in [3.63, 3.8) is 0 Å². The quantitative estimate of drug-likeness (QED) is 0.400. The first kappa shape index (κ1) is 14.0. The number of carbonyl (C=O) groups excluding carboxylic acids is 1. The maximum Gasteiger partial charge on any atom is 0.323 e. The van der Waals surface area contributed by atoms with Gasteiger partial charge in [-0.25, -0.2) is 0 Å². The molecule has 0 spiro atoms. The van der Waals surface area contributed by atoms with Crippen LogP contribution in [0.2, 0.25) is 0 Å². The molecule has 0 atom stereocenters. The smallest absolute Gasteiger partial charge is 0.323 e. The molecule has 0 aliphatic heterocycles. The minimum Gasteiger partial charge on any atom is -0.480 e. The summed E-state index contributed by atoms with van der Waals surface area (Å²) in [7, 11) is 1.44. The standard InChI is InChI=1S/C4H9N3O2.C3H6O/c1-7(4(5)6)2-3(8)9;1-3(2)4/h2H2,1H3,(H3,5,6)(H,8,9);1-2H3. The van der Waals surface area contributed by atoms with Crippen LogP contribution in [0.5, 0.6) is 0 Å². The summed E-state index contributed by atoms with van der Waals surface area (Å²) in [5.41, 5.74) is 4.93. The van der Waals surface area contributed by atoms with Crippen molar-refractivity contribution in [3.8, 4) is 0 Å². The van der Waals surface area contributed by atoms with Crippen molar-refractivity contribution in [1.29, 1.82) is 5.41 Å². The third kappa shape index (κ3) is 17.9. The molecule has 0 heterocycles. The van der Waals surface area contributed by atoms with Crippen molar-refractivity contribution in [2.24, 2.45) is 5.73 Å². The number of ketones is 1. The van der Waals surface area contributed by atoms with Crippen molar-refractivity contribution in [2.45, 2.75) is 13.8 Å². The van der Waals surface area contributed by atoms with Crippen LogP contribution in [0.1, 0.15) is 13.8 Å². The molecule has 4 N–H and O–H groups in total. The van der Waals surface area contributed by atoms with Crippen LogP contribution in [0.3, 0.4) is 0 Å². The topological polar surface area (TPSA) is 107 Å². The Morgan fingerprint density at radius 1 is 1.46 bits per heavy atom. The summed E-state index contributed by atoms with van der Waals surface area (Å²) in [5, 5.41) is 14.9. The van der Waals surface area contributed by atoms with Gasteiger partial charge < -0.3 is 20.5 Å². The number of nitrogens with one attached hydrogen (secondary N) is 1. The SMILES string of the molecule is CC(C)=O.CN(CC(=O)O)C(=N)N. The molecular formula is C7H15N3O3. The van der Waals surface area contributed by atoms with Gasteiger partial charge in [-0.05, 0) is 13.8 Å². The average Bonchev–Trinajstić information content (AvgIpc) is 1.83. The predicted molar refractivity (Wildman–Crippen MR) is 48.5 cm³/mol. The maximum absolute atomic E-state index is 9.92. The highest BCUT2D eigenvalue weighted by Gasteiger charge is 2.03. The van der Waals surface area contributed by atoms with Crippen molar-refractivity contribution in [1.82, 2.24) is 4.90 Å². The summed E-state index contributed by atoms with van der Waals surface area (Å²) in [5.74, 6) is -1.06. The number of hydrogen-bond donors (Lipinski definition) is 3. The maximum atomic E-state index is 9.92. The molecule has 6 heteroatoms. The minimum absolute atomic E-state index is 0.167. The fourth-order valence-electron chi connectivity index (χ4n) is 0.288. The Kier molecular flexibility index (Phi) is 7.61. The van der Waals surface area contributed by atoms with E-state index in [1.165, 1.54) is 20.9 Å². The van der Waals surface area contributed by atoms with Gasteiger partial charge in [-0.3, -0.25) is 10.2 Å². The lowest BCUT2D eigenvalue weighted by Gasteiger charge is -2.12. The second-order valence-corrected chi connectivity index (χ2v) is 2.54. The number of likely N-dealkylation sites (N-methyl/N-ethyl adjacent to an activating group) is 1. The van der Waals surface area contributed by atoms with Crippen molar-refractivity contribution in [2.75, 3.05) is 13.6 Å². The molecule has 0 fully saturated rings. The van der Waals surface area contributed by atoms with Gasteiger partial charge in [0.1, 0.15) is 12.3 Å². The molecule has 0 aromatic rings. The molecular weight excluding hydrogens is 174 g/mol. The summed E-state index contributed by atoms with van der Waals surface area (Å²) >= 11 is 0. The van der Waals surface area contributed by atoms with E-state index in [1.54, 1.807) is 0 Å². The molecule has 0 aromatic carbocycles. The monoisotopic (exact) mass is 189 g/mol. The number of carboxylic acid groups (broad SMARTS) is 1. The first-order valence-corrected chi connectivity index (χ1v) is 3.51. The van der Waals surface area contributed by atoms with Crippen LogP contribution in [0, 0.1) is 5.41 Å². The Labute approximate surface area is 76.8 Å². The Balaban J connectivity index is 0. The summed E-state index contributed by atoms with van der Waals surface area (Å²) in [4.78, 5) is 20.5. The lowest BCUT2D eigenvalue weighted by molar-refractivity contribution is -0.137. The summed E-state index contributed by atoms with van der Waals surface area (Å²) < 4.78 is 0. The zero-order chi connectivity index (χ0) is 11.0. The number of guanidine groups is 1. The Hall–Kier alpha value is -1.59. The van der Waals surface area contributed by atoms with Gasteiger partial charge in [0.15, 0.2) is 5.96 Å². The van der Waals surface area contributed by atoms with E-state index in [4.69, 9.17) is 16.2 Å². The molecule has 0 aliphatic rings. The fourth-order valence-corrected chi connectivity index (χ4v) is 0.288. The van der Waals surface area contributed by atoms with E-state index < -0.39 is 5.97 Å². The number of nitrogens with zero attached hydrogens (tertiary/aromatic N) is 1. The summed E-state index contributed by atoms with van der Waals surface area (Å²) in [6.07, 6.45) is 0.